The van der Waals surface area contributed by atoms with Crippen LogP contribution in [0.3, 0.4) is 0 Å². The Labute approximate surface area is 127 Å². The van der Waals surface area contributed by atoms with Crippen molar-refractivity contribution in [2.45, 2.75) is 30.8 Å². The first-order valence-electron chi connectivity index (χ1n) is 6.48. The first kappa shape index (κ1) is 15.5. The van der Waals surface area contributed by atoms with Crippen LogP contribution in [0.4, 0.5) is 0 Å². The molecule has 6 heteroatoms. The second-order valence-corrected chi connectivity index (χ2v) is 5.71. The molecule has 20 heavy (non-hydrogen) atoms. The lowest BCUT2D eigenvalue weighted by molar-refractivity contribution is 0.0222. The number of hydrogen-bond acceptors (Lipinski definition) is 4. The highest BCUT2D eigenvalue weighted by molar-refractivity contribution is 7.98. The topological polar surface area (TPSA) is 55.8 Å². The molecule has 1 aliphatic rings. The Balaban J connectivity index is 2.56. The Morgan fingerprint density at radius 1 is 1.65 bits per heavy atom. The van der Waals surface area contributed by atoms with Gasteiger partial charge in [0.25, 0.3) is 0 Å². The van der Waals surface area contributed by atoms with Gasteiger partial charge in [-0.15, -0.1) is 11.8 Å². The quantitative estimate of drug-likeness (QED) is 0.832. The molecule has 0 bridgehead atoms. The van der Waals surface area contributed by atoms with Crippen molar-refractivity contribution < 1.29 is 19.4 Å². The van der Waals surface area contributed by atoms with Crippen LogP contribution in [0, 0.1) is 0 Å². The minimum atomic E-state index is -0.987. The zero-order valence-corrected chi connectivity index (χ0v) is 13.0. The lowest BCUT2D eigenvalue weighted by atomic mass is 10.00. The fourth-order valence-corrected chi connectivity index (χ4v) is 3.37. The molecule has 1 aromatic rings. The third kappa shape index (κ3) is 2.90. The Bertz CT molecular complexity index is 518. The van der Waals surface area contributed by atoms with Gasteiger partial charge in [0.1, 0.15) is 5.75 Å². The Hall–Kier alpha value is -0.910. The lowest BCUT2D eigenvalue weighted by Gasteiger charge is -2.29. The Kier molecular flexibility index (Phi) is 5.18. The first-order valence-corrected chi connectivity index (χ1v) is 8.08. The predicted molar refractivity (Wildman–Crippen MR) is 79.3 cm³/mol. The summed E-state index contributed by atoms with van der Waals surface area (Å²) in [6, 6.07) is 1.46. The van der Waals surface area contributed by atoms with Crippen LogP contribution in [-0.4, -0.2) is 30.5 Å². The maximum atomic E-state index is 11.4. The van der Waals surface area contributed by atoms with E-state index < -0.39 is 5.97 Å². The van der Waals surface area contributed by atoms with Crippen molar-refractivity contribution in [2.75, 3.05) is 19.5 Å². The smallest absolute Gasteiger partial charge is 0.336 e. The van der Waals surface area contributed by atoms with Crippen LogP contribution in [0.1, 0.15) is 41.8 Å². The molecule has 0 saturated carbocycles. The molecule has 0 aromatic heterocycles. The largest absolute Gasteiger partial charge is 0.491 e. The molecule has 1 heterocycles. The number of fused-ring (bicyclic) bond motifs is 1. The van der Waals surface area contributed by atoms with Crippen molar-refractivity contribution in [3.63, 3.8) is 0 Å². The van der Waals surface area contributed by atoms with E-state index in [1.807, 2.05) is 13.2 Å². The third-order valence-electron chi connectivity index (χ3n) is 3.13. The van der Waals surface area contributed by atoms with E-state index in [1.54, 1.807) is 0 Å². The van der Waals surface area contributed by atoms with Gasteiger partial charge >= 0.3 is 5.97 Å². The summed E-state index contributed by atoms with van der Waals surface area (Å²) in [5, 5.41) is 9.66. The summed E-state index contributed by atoms with van der Waals surface area (Å²) in [5.41, 5.74) is 0.985. The summed E-state index contributed by atoms with van der Waals surface area (Å²) in [6.45, 7) is 3.20. The number of hydrogen-bond donors (Lipinski definition) is 1. The maximum absolute atomic E-state index is 11.4. The van der Waals surface area contributed by atoms with Gasteiger partial charge < -0.3 is 14.6 Å². The number of halogens is 1. The van der Waals surface area contributed by atoms with Gasteiger partial charge in [-0.25, -0.2) is 4.79 Å². The molecule has 0 radical (unpaired) electrons. The summed E-state index contributed by atoms with van der Waals surface area (Å²) < 4.78 is 11.5. The Morgan fingerprint density at radius 3 is 3.00 bits per heavy atom. The number of rotatable bonds is 5. The van der Waals surface area contributed by atoms with Gasteiger partial charge in [0, 0.05) is 23.5 Å². The molecule has 1 aliphatic heterocycles. The number of ether oxygens (including phenoxy) is 2. The highest BCUT2D eigenvalue weighted by Crippen LogP contribution is 2.46. The second-order valence-electron chi connectivity index (χ2n) is 4.48. The van der Waals surface area contributed by atoms with E-state index in [4.69, 9.17) is 21.1 Å². The molecule has 0 aliphatic carbocycles. The number of aromatic carboxylic acids is 1. The van der Waals surface area contributed by atoms with E-state index in [0.29, 0.717) is 35.3 Å². The first-order chi connectivity index (χ1) is 9.60. The van der Waals surface area contributed by atoms with Crippen LogP contribution < -0.4 is 4.74 Å². The zero-order chi connectivity index (χ0) is 14.7. The van der Waals surface area contributed by atoms with Gasteiger partial charge in [-0.1, -0.05) is 18.5 Å². The molecule has 1 aromatic carbocycles. The van der Waals surface area contributed by atoms with Crippen molar-refractivity contribution in [1.29, 1.82) is 0 Å². The summed E-state index contributed by atoms with van der Waals surface area (Å²) in [4.78, 5) is 12.1. The van der Waals surface area contributed by atoms with Crippen LogP contribution in [0.5, 0.6) is 5.75 Å². The maximum Gasteiger partial charge on any atom is 0.336 e. The summed E-state index contributed by atoms with van der Waals surface area (Å²) in [5.74, 6) is -0.424. The van der Waals surface area contributed by atoms with Crippen LogP contribution >= 0.6 is 23.4 Å². The molecule has 0 fully saturated rings. The minimum absolute atomic E-state index is 0.155. The van der Waals surface area contributed by atoms with E-state index >= 15 is 0 Å². The normalized spacial score (nSPS) is 17.4. The van der Waals surface area contributed by atoms with Gasteiger partial charge in [-0.05, 0) is 18.7 Å². The van der Waals surface area contributed by atoms with E-state index in [1.165, 1.54) is 17.8 Å². The SMILES string of the molecule is CCCOC1CCOc2c(Cl)cc(C(=O)O)c(SC)c21. The number of carbonyl (C=O) groups is 1. The van der Waals surface area contributed by atoms with Crippen LogP contribution in [-0.2, 0) is 4.74 Å². The van der Waals surface area contributed by atoms with Gasteiger partial charge in [0.2, 0.25) is 0 Å². The molecule has 1 atom stereocenters. The number of carboxylic acids is 1. The van der Waals surface area contributed by atoms with Crippen molar-refractivity contribution in [3.8, 4) is 5.75 Å². The molecular formula is C14H17ClO4S. The number of benzene rings is 1. The molecule has 0 amide bonds. The van der Waals surface area contributed by atoms with E-state index in [9.17, 15) is 9.90 Å². The highest BCUT2D eigenvalue weighted by atomic mass is 35.5. The highest BCUT2D eigenvalue weighted by Gasteiger charge is 2.30. The summed E-state index contributed by atoms with van der Waals surface area (Å²) in [6.07, 6.45) is 3.31. The van der Waals surface area contributed by atoms with E-state index in [2.05, 4.69) is 0 Å². The second kappa shape index (κ2) is 6.70. The standard InChI is InChI=1S/C14H17ClO4S/c1-3-5-18-10-4-6-19-12-9(15)7-8(14(16)17)13(20-2)11(10)12/h7,10H,3-6H2,1-2H3,(H,16,17). The molecule has 1 N–H and O–H groups in total. The van der Waals surface area contributed by atoms with Crippen LogP contribution in [0.15, 0.2) is 11.0 Å². The number of carboxylic acid groups (broad SMARTS) is 1. The van der Waals surface area contributed by atoms with E-state index in [0.717, 1.165) is 12.0 Å². The van der Waals surface area contributed by atoms with Crippen molar-refractivity contribution >= 4 is 29.3 Å². The van der Waals surface area contributed by atoms with Crippen LogP contribution in [0.2, 0.25) is 5.02 Å². The molecule has 4 nitrogen and oxygen atoms in total. The average molecular weight is 317 g/mol. The average Bonchev–Trinajstić information content (AvgIpc) is 2.44. The lowest BCUT2D eigenvalue weighted by Crippen LogP contribution is -2.19. The molecular weight excluding hydrogens is 300 g/mol. The monoisotopic (exact) mass is 316 g/mol. The summed E-state index contributed by atoms with van der Waals surface area (Å²) >= 11 is 7.55. The minimum Gasteiger partial charge on any atom is -0.491 e. The van der Waals surface area contributed by atoms with Gasteiger partial charge in [0.05, 0.1) is 23.3 Å². The third-order valence-corrected chi connectivity index (χ3v) is 4.26. The molecule has 1 unspecified atom stereocenters. The van der Waals surface area contributed by atoms with Gasteiger partial charge in [0.15, 0.2) is 0 Å². The number of thioether (sulfide) groups is 1. The molecule has 0 spiro atoms. The Morgan fingerprint density at radius 2 is 2.40 bits per heavy atom. The van der Waals surface area contributed by atoms with E-state index in [-0.39, 0.29) is 11.7 Å². The molecule has 2 rings (SSSR count). The fourth-order valence-electron chi connectivity index (χ4n) is 2.29. The predicted octanol–water partition coefficient (Wildman–Crippen LogP) is 4.01. The zero-order valence-electron chi connectivity index (χ0n) is 11.4. The molecule has 110 valence electrons. The van der Waals surface area contributed by atoms with Gasteiger partial charge in [-0.2, -0.15) is 0 Å². The summed E-state index contributed by atoms with van der Waals surface area (Å²) in [7, 11) is 0. The van der Waals surface area contributed by atoms with Crippen LogP contribution in [0.25, 0.3) is 0 Å². The van der Waals surface area contributed by atoms with Crippen molar-refractivity contribution in [3.05, 3.63) is 22.2 Å². The fraction of sp³-hybridized carbons (Fsp3) is 0.500. The molecule has 0 saturated heterocycles. The van der Waals surface area contributed by atoms with Crippen molar-refractivity contribution in [2.24, 2.45) is 0 Å². The van der Waals surface area contributed by atoms with Gasteiger partial charge in [-0.3, -0.25) is 0 Å². The van der Waals surface area contributed by atoms with Crippen molar-refractivity contribution in [1.82, 2.24) is 0 Å².